The van der Waals surface area contributed by atoms with E-state index in [-0.39, 0.29) is 16.9 Å². The number of hydrogen-bond acceptors (Lipinski definition) is 7. The van der Waals surface area contributed by atoms with Gasteiger partial charge in [-0.1, -0.05) is 32.1 Å². The average molecular weight is 552 g/mol. The number of anilines is 2. The molecule has 206 valence electrons. The molecule has 2 amide bonds. The van der Waals surface area contributed by atoms with Gasteiger partial charge in [0.25, 0.3) is 0 Å². The Kier molecular flexibility index (Phi) is 7.18. The van der Waals surface area contributed by atoms with Crippen LogP contribution in [-0.4, -0.2) is 35.8 Å². The number of pyridine rings is 1. The van der Waals surface area contributed by atoms with E-state index in [1.807, 2.05) is 20.8 Å². The first-order chi connectivity index (χ1) is 19.6. The fourth-order valence-corrected chi connectivity index (χ4v) is 3.94. The molecule has 5 rings (SSSR count). The van der Waals surface area contributed by atoms with Crippen molar-refractivity contribution in [2.75, 3.05) is 10.6 Å². The summed E-state index contributed by atoms with van der Waals surface area (Å²) in [5, 5.41) is 27.0. The number of aryl methyl sites for hydroxylation is 1. The molecule has 0 aliphatic heterocycles. The minimum atomic E-state index is -0.687. The van der Waals surface area contributed by atoms with E-state index in [1.54, 1.807) is 77.3 Å². The molecule has 0 aliphatic carbocycles. The summed E-state index contributed by atoms with van der Waals surface area (Å²) in [5.74, 6) is 0.352. The molecule has 5 aromatic rings. The Hall–Kier alpha value is -5.57. The van der Waals surface area contributed by atoms with Crippen LogP contribution in [0.25, 0.3) is 17.1 Å². The van der Waals surface area contributed by atoms with Crippen LogP contribution in [0.5, 0.6) is 11.5 Å². The lowest BCUT2D eigenvalue weighted by molar-refractivity contribution is 0.262. The van der Waals surface area contributed by atoms with Crippen LogP contribution in [0.15, 0.2) is 73.1 Å². The molecule has 0 fully saturated rings. The third kappa shape index (κ3) is 6.04. The van der Waals surface area contributed by atoms with Crippen LogP contribution in [0, 0.1) is 17.1 Å². The maximum absolute atomic E-state index is 15.0. The molecule has 0 aliphatic rings. The predicted molar refractivity (Wildman–Crippen MR) is 150 cm³/mol. The first-order valence-corrected chi connectivity index (χ1v) is 12.6. The molecule has 0 radical (unpaired) electrons. The zero-order valence-corrected chi connectivity index (χ0v) is 22.8. The number of aromatic nitrogens is 6. The second-order valence-electron chi connectivity index (χ2n) is 10.2. The smallest absolute Gasteiger partial charge is 0.324 e. The van der Waals surface area contributed by atoms with E-state index in [2.05, 4.69) is 37.1 Å². The van der Waals surface area contributed by atoms with E-state index in [4.69, 9.17) is 4.74 Å². The molecule has 2 N–H and O–H groups in total. The van der Waals surface area contributed by atoms with E-state index < -0.39 is 11.8 Å². The van der Waals surface area contributed by atoms with Crippen molar-refractivity contribution >= 4 is 17.5 Å². The quantitative estimate of drug-likeness (QED) is 0.272. The van der Waals surface area contributed by atoms with E-state index in [0.29, 0.717) is 34.2 Å². The molecule has 12 heteroatoms. The first kappa shape index (κ1) is 27.0. The van der Waals surface area contributed by atoms with Crippen molar-refractivity contribution in [2.24, 2.45) is 7.05 Å². The number of carbonyl (C=O) groups is 1. The molecule has 0 bridgehead atoms. The Morgan fingerprint density at radius 3 is 2.56 bits per heavy atom. The van der Waals surface area contributed by atoms with E-state index in [9.17, 15) is 14.4 Å². The van der Waals surface area contributed by atoms with Gasteiger partial charge in [0.1, 0.15) is 28.8 Å². The Morgan fingerprint density at radius 1 is 1.05 bits per heavy atom. The highest BCUT2D eigenvalue weighted by atomic mass is 19.1. The van der Waals surface area contributed by atoms with Gasteiger partial charge in [-0.15, -0.1) is 5.10 Å². The highest BCUT2D eigenvalue weighted by Crippen LogP contribution is 2.29. The predicted octanol–water partition coefficient (Wildman–Crippen LogP) is 5.81. The van der Waals surface area contributed by atoms with Crippen LogP contribution in [-0.2, 0) is 12.5 Å². The molecule has 0 spiro atoms. The zero-order valence-electron chi connectivity index (χ0n) is 22.8. The van der Waals surface area contributed by atoms with E-state index in [0.717, 1.165) is 5.69 Å². The molecule has 3 aromatic heterocycles. The number of ether oxygens (including phenoxy) is 1. The summed E-state index contributed by atoms with van der Waals surface area (Å²) in [5.41, 5.74) is 2.71. The lowest BCUT2D eigenvalue weighted by Crippen LogP contribution is -2.22. The standard InChI is InChI=1S/C29H26FN9O2/c1-29(2,3)26-15-27(39(36-26)19-7-5-6-18(12-19)16-31)35-28(40)34-23-9-8-20(13-22(23)30)41-21-10-11-32-24(14-21)25-17-33-37-38(25)4/h5-15,17H,1-4H3,(H2,34,35,40). The third-order valence-electron chi connectivity index (χ3n) is 6.07. The number of hydrogen-bond donors (Lipinski definition) is 2. The Labute approximate surface area is 235 Å². The van der Waals surface area contributed by atoms with E-state index in [1.165, 1.54) is 12.1 Å². The van der Waals surface area contributed by atoms with Gasteiger partial charge in [-0.3, -0.25) is 10.3 Å². The molecular formula is C29H26FN9O2. The summed E-state index contributed by atoms with van der Waals surface area (Å²) in [6.45, 7) is 5.99. The largest absolute Gasteiger partial charge is 0.457 e. The Morgan fingerprint density at radius 2 is 1.85 bits per heavy atom. The minimum absolute atomic E-state index is 0.0418. The molecular weight excluding hydrogens is 525 g/mol. The lowest BCUT2D eigenvalue weighted by atomic mass is 9.92. The van der Waals surface area contributed by atoms with Crippen molar-refractivity contribution in [1.29, 1.82) is 5.26 Å². The molecule has 3 heterocycles. The van der Waals surface area contributed by atoms with Gasteiger partial charge in [-0.25, -0.2) is 18.5 Å². The Bertz CT molecular complexity index is 1780. The first-order valence-electron chi connectivity index (χ1n) is 12.6. The fourth-order valence-electron chi connectivity index (χ4n) is 3.94. The van der Waals surface area contributed by atoms with Gasteiger partial charge in [0.05, 0.1) is 40.6 Å². The number of nitrogens with one attached hydrogen (secondary N) is 2. The second kappa shape index (κ2) is 10.9. The van der Waals surface area contributed by atoms with Crippen LogP contribution in [0.1, 0.15) is 32.0 Å². The highest BCUT2D eigenvalue weighted by Gasteiger charge is 2.22. The summed E-state index contributed by atoms with van der Waals surface area (Å²) in [7, 11) is 1.75. The van der Waals surface area contributed by atoms with Gasteiger partial charge in [-0.05, 0) is 36.4 Å². The number of nitriles is 1. The van der Waals surface area contributed by atoms with Crippen molar-refractivity contribution in [3.05, 3.63) is 90.1 Å². The molecule has 0 saturated carbocycles. The molecule has 0 unspecified atom stereocenters. The number of amides is 2. The van der Waals surface area contributed by atoms with Crippen molar-refractivity contribution in [2.45, 2.75) is 26.2 Å². The van der Waals surface area contributed by atoms with Crippen LogP contribution < -0.4 is 15.4 Å². The topological polar surface area (TPSA) is 136 Å². The summed E-state index contributed by atoms with van der Waals surface area (Å²) in [6, 6.07) is 17.5. The highest BCUT2D eigenvalue weighted by molar-refractivity contribution is 5.99. The maximum Gasteiger partial charge on any atom is 0.324 e. The van der Waals surface area contributed by atoms with E-state index >= 15 is 0 Å². The van der Waals surface area contributed by atoms with Crippen LogP contribution in [0.2, 0.25) is 0 Å². The number of halogens is 1. The van der Waals surface area contributed by atoms with Gasteiger partial charge in [-0.2, -0.15) is 10.4 Å². The zero-order chi connectivity index (χ0) is 29.1. The van der Waals surface area contributed by atoms with Crippen LogP contribution in [0.4, 0.5) is 20.7 Å². The van der Waals surface area contributed by atoms with Gasteiger partial charge in [0.15, 0.2) is 0 Å². The van der Waals surface area contributed by atoms with Gasteiger partial charge in [0, 0.05) is 36.9 Å². The molecule has 0 atom stereocenters. The van der Waals surface area contributed by atoms with Gasteiger partial charge in [0.2, 0.25) is 0 Å². The number of benzene rings is 2. The van der Waals surface area contributed by atoms with Gasteiger partial charge < -0.3 is 10.1 Å². The maximum atomic E-state index is 15.0. The number of urea groups is 1. The van der Waals surface area contributed by atoms with Crippen LogP contribution >= 0.6 is 0 Å². The average Bonchev–Trinajstić information content (AvgIpc) is 3.57. The minimum Gasteiger partial charge on any atom is -0.457 e. The van der Waals surface area contributed by atoms with Crippen molar-refractivity contribution in [3.8, 4) is 34.6 Å². The summed E-state index contributed by atoms with van der Waals surface area (Å²) >= 11 is 0. The van der Waals surface area contributed by atoms with Gasteiger partial charge >= 0.3 is 6.03 Å². The van der Waals surface area contributed by atoms with Crippen molar-refractivity contribution in [3.63, 3.8) is 0 Å². The number of rotatable bonds is 6. The molecule has 41 heavy (non-hydrogen) atoms. The molecule has 2 aromatic carbocycles. The Balaban J connectivity index is 1.32. The summed E-state index contributed by atoms with van der Waals surface area (Å²) in [6.07, 6.45) is 3.15. The number of carbonyl (C=O) groups excluding carboxylic acids is 1. The van der Waals surface area contributed by atoms with Crippen LogP contribution in [0.3, 0.4) is 0 Å². The lowest BCUT2D eigenvalue weighted by Gasteiger charge is -2.14. The van der Waals surface area contributed by atoms with Crippen molar-refractivity contribution < 1.29 is 13.9 Å². The number of nitrogens with zero attached hydrogens (tertiary/aromatic N) is 7. The second-order valence-corrected chi connectivity index (χ2v) is 10.2. The summed E-state index contributed by atoms with van der Waals surface area (Å²) < 4.78 is 23.9. The third-order valence-corrected chi connectivity index (χ3v) is 6.07. The normalized spacial score (nSPS) is 11.1. The van der Waals surface area contributed by atoms with Crippen molar-refractivity contribution in [1.82, 2.24) is 29.8 Å². The molecule has 0 saturated heterocycles. The monoisotopic (exact) mass is 551 g/mol. The SMILES string of the molecule is Cn1nncc1-c1cc(Oc2ccc(NC(=O)Nc3cc(C(C)(C)C)nn3-c3cccc(C#N)c3)c(F)c2)ccn1. The summed E-state index contributed by atoms with van der Waals surface area (Å²) in [4.78, 5) is 17.2. The molecule has 11 nitrogen and oxygen atoms in total. The fraction of sp³-hybridized carbons (Fsp3) is 0.172.